The topological polar surface area (TPSA) is 34.1 Å². The molecule has 0 amide bonds. The number of carbonyl (C=O) groups is 2. The number of benzene rings is 1. The normalized spacial score (nSPS) is 11.2. The van der Waals surface area contributed by atoms with Gasteiger partial charge in [0.25, 0.3) is 0 Å². The third kappa shape index (κ3) is 2.55. The molecule has 16 heavy (non-hydrogen) atoms. The minimum atomic E-state index is 0.0757. The highest BCUT2D eigenvalue weighted by Gasteiger charge is 2.21. The summed E-state index contributed by atoms with van der Waals surface area (Å²) in [5, 5.41) is 0. The number of hydrogen-bond acceptors (Lipinski definition) is 2. The van der Waals surface area contributed by atoms with Crippen molar-refractivity contribution < 1.29 is 9.59 Å². The second-order valence-corrected chi connectivity index (χ2v) is 4.68. The summed E-state index contributed by atoms with van der Waals surface area (Å²) < 4.78 is 0.570. The van der Waals surface area contributed by atoms with Crippen molar-refractivity contribution in [1.29, 1.82) is 0 Å². The number of Topliss-reactive ketones (excluding diaryl/α,β-unsaturated/α-hetero) is 1. The smallest absolute Gasteiger partial charge is 0.168 e. The highest BCUT2D eigenvalue weighted by atomic mass is 16.1. The second kappa shape index (κ2) is 4.58. The highest BCUT2D eigenvalue weighted by molar-refractivity contribution is 6.02. The van der Waals surface area contributed by atoms with Gasteiger partial charge in [0.1, 0.15) is 12.0 Å². The molecule has 0 aliphatic rings. The second-order valence-electron chi connectivity index (χ2n) is 4.68. The number of nitrogens with zero attached hydrogens (tertiary/aromatic N) is 1. The molecule has 1 aromatic carbocycles. The Hall–Kier alpha value is -1.48. The van der Waals surface area contributed by atoms with Crippen molar-refractivity contribution in [1.82, 2.24) is 4.48 Å². The van der Waals surface area contributed by atoms with Crippen LogP contribution in [0.1, 0.15) is 34.1 Å². The summed E-state index contributed by atoms with van der Waals surface area (Å²) in [6, 6.07) is 5.28. The summed E-state index contributed by atoms with van der Waals surface area (Å²) >= 11 is 0. The molecule has 0 unspecified atom stereocenters. The van der Waals surface area contributed by atoms with E-state index < -0.39 is 0 Å². The van der Waals surface area contributed by atoms with Gasteiger partial charge in [-0.05, 0) is 12.1 Å². The fourth-order valence-corrected chi connectivity index (χ4v) is 1.63. The van der Waals surface area contributed by atoms with Crippen LogP contribution in [0.15, 0.2) is 18.2 Å². The number of aldehydes is 1. The van der Waals surface area contributed by atoms with Crippen molar-refractivity contribution in [3.05, 3.63) is 29.3 Å². The predicted molar refractivity (Wildman–Crippen MR) is 66.0 cm³/mol. The molecule has 0 fully saturated rings. The Kier molecular flexibility index (Phi) is 3.60. The summed E-state index contributed by atoms with van der Waals surface area (Å²) in [6.45, 7) is 1.83. The van der Waals surface area contributed by atoms with E-state index >= 15 is 0 Å². The number of rotatable bonds is 4. The molecule has 1 aromatic rings. The largest absolute Gasteiger partial charge is 0.298 e. The van der Waals surface area contributed by atoms with Crippen LogP contribution in [-0.2, 0) is 0 Å². The van der Waals surface area contributed by atoms with Crippen molar-refractivity contribution in [3.63, 3.8) is 0 Å². The third-order valence-electron chi connectivity index (χ3n) is 2.50. The van der Waals surface area contributed by atoms with E-state index in [1.807, 2.05) is 34.1 Å². The van der Waals surface area contributed by atoms with Gasteiger partial charge < -0.3 is 0 Å². The zero-order chi connectivity index (χ0) is 12.3. The molecular formula is C13H18NO2+. The highest BCUT2D eigenvalue weighted by Crippen LogP contribution is 2.25. The Morgan fingerprint density at radius 2 is 1.94 bits per heavy atom. The number of ketones is 1. The van der Waals surface area contributed by atoms with Gasteiger partial charge in [0, 0.05) is 18.1 Å². The molecule has 86 valence electrons. The van der Waals surface area contributed by atoms with Crippen LogP contribution in [0.5, 0.6) is 0 Å². The molecule has 0 aromatic heterocycles. The van der Waals surface area contributed by atoms with Gasteiger partial charge in [0.05, 0.1) is 26.7 Å². The Morgan fingerprint density at radius 1 is 1.31 bits per heavy atom. The van der Waals surface area contributed by atoms with Crippen molar-refractivity contribution in [2.45, 2.75) is 13.3 Å². The summed E-state index contributed by atoms with van der Waals surface area (Å²) in [7, 11) is 6.01. The van der Waals surface area contributed by atoms with Gasteiger partial charge in [-0.25, -0.2) is 0 Å². The first kappa shape index (κ1) is 12.6. The van der Waals surface area contributed by atoms with E-state index in [9.17, 15) is 9.59 Å². The van der Waals surface area contributed by atoms with Crippen LogP contribution in [0.3, 0.4) is 0 Å². The molecule has 0 saturated heterocycles. The van der Waals surface area contributed by atoms with Crippen LogP contribution in [0, 0.1) is 0 Å². The van der Waals surface area contributed by atoms with Gasteiger partial charge in [0.2, 0.25) is 0 Å². The lowest BCUT2D eigenvalue weighted by Gasteiger charge is -2.25. The van der Waals surface area contributed by atoms with E-state index in [-0.39, 0.29) is 5.78 Å². The standard InChI is InChI=1S/C13H18NO2/c1-5-13(16)11-8-10(9-15)6-7-12(11)14(2,3)4/h6-9H,5H2,1-4H3/q+1. The Bertz CT molecular complexity index is 416. The van der Waals surface area contributed by atoms with E-state index in [2.05, 4.69) is 0 Å². The maximum absolute atomic E-state index is 11.8. The summed E-state index contributed by atoms with van der Waals surface area (Å²) in [6.07, 6.45) is 1.22. The minimum absolute atomic E-state index is 0.0757. The molecule has 0 saturated carbocycles. The monoisotopic (exact) mass is 220 g/mol. The predicted octanol–water partition coefficient (Wildman–Crippen LogP) is 2.29. The number of carbonyl (C=O) groups excluding carboxylic acids is 2. The first-order valence-corrected chi connectivity index (χ1v) is 5.34. The van der Waals surface area contributed by atoms with Gasteiger partial charge in [0.15, 0.2) is 5.78 Å². The van der Waals surface area contributed by atoms with Gasteiger partial charge in [-0.2, -0.15) is 0 Å². The first-order chi connectivity index (χ1) is 7.40. The minimum Gasteiger partial charge on any atom is -0.298 e. The molecule has 3 nitrogen and oxygen atoms in total. The first-order valence-electron chi connectivity index (χ1n) is 5.34. The third-order valence-corrected chi connectivity index (χ3v) is 2.50. The van der Waals surface area contributed by atoms with Crippen LogP contribution < -0.4 is 4.48 Å². The molecule has 3 heteroatoms. The van der Waals surface area contributed by atoms with Gasteiger partial charge in [-0.1, -0.05) is 6.92 Å². The molecule has 0 aliphatic carbocycles. The number of hydrogen-bond donors (Lipinski definition) is 0. The molecule has 0 bridgehead atoms. The van der Waals surface area contributed by atoms with E-state index in [0.29, 0.717) is 22.0 Å². The maximum atomic E-state index is 11.8. The Labute approximate surface area is 96.3 Å². The quantitative estimate of drug-likeness (QED) is 0.443. The molecule has 0 aliphatic heterocycles. The zero-order valence-electron chi connectivity index (χ0n) is 10.3. The Balaban J connectivity index is 3.38. The van der Waals surface area contributed by atoms with Crippen LogP contribution in [0.2, 0.25) is 0 Å². The van der Waals surface area contributed by atoms with E-state index in [0.717, 1.165) is 12.0 Å². The van der Waals surface area contributed by atoms with Gasteiger partial charge >= 0.3 is 0 Å². The van der Waals surface area contributed by atoms with E-state index in [4.69, 9.17) is 0 Å². The van der Waals surface area contributed by atoms with E-state index in [1.54, 1.807) is 12.1 Å². The molecule has 0 atom stereocenters. The zero-order valence-corrected chi connectivity index (χ0v) is 10.3. The molecule has 0 N–H and O–H groups in total. The van der Waals surface area contributed by atoms with Gasteiger partial charge in [-0.3, -0.25) is 14.1 Å². The van der Waals surface area contributed by atoms with Crippen molar-refractivity contribution in [2.75, 3.05) is 21.1 Å². The van der Waals surface area contributed by atoms with Crippen LogP contribution in [0.25, 0.3) is 0 Å². The fourth-order valence-electron chi connectivity index (χ4n) is 1.63. The SMILES string of the molecule is CCC(=O)c1cc(C=O)ccc1[N+](C)(C)C. The lowest BCUT2D eigenvalue weighted by Crippen LogP contribution is -2.36. The maximum Gasteiger partial charge on any atom is 0.168 e. The lowest BCUT2D eigenvalue weighted by atomic mass is 10.0. The molecule has 0 heterocycles. The average molecular weight is 220 g/mol. The van der Waals surface area contributed by atoms with Crippen molar-refractivity contribution >= 4 is 17.8 Å². The van der Waals surface area contributed by atoms with Crippen LogP contribution in [0.4, 0.5) is 5.69 Å². The molecule has 0 radical (unpaired) electrons. The molecular weight excluding hydrogens is 202 g/mol. The van der Waals surface area contributed by atoms with Crippen molar-refractivity contribution in [3.8, 4) is 0 Å². The van der Waals surface area contributed by atoms with Crippen molar-refractivity contribution in [2.24, 2.45) is 0 Å². The fraction of sp³-hybridized carbons (Fsp3) is 0.385. The summed E-state index contributed by atoms with van der Waals surface area (Å²) in [4.78, 5) is 22.5. The number of quaternary nitrogens is 1. The summed E-state index contributed by atoms with van der Waals surface area (Å²) in [5.74, 6) is 0.0757. The van der Waals surface area contributed by atoms with E-state index in [1.165, 1.54) is 0 Å². The molecule has 1 rings (SSSR count). The Morgan fingerprint density at radius 3 is 2.38 bits per heavy atom. The lowest BCUT2D eigenvalue weighted by molar-refractivity contribution is 0.0987. The average Bonchev–Trinajstić information content (AvgIpc) is 2.25. The van der Waals surface area contributed by atoms with Crippen LogP contribution in [-0.4, -0.2) is 33.2 Å². The van der Waals surface area contributed by atoms with Gasteiger partial charge in [-0.15, -0.1) is 0 Å². The summed E-state index contributed by atoms with van der Waals surface area (Å²) in [5.41, 5.74) is 2.14. The van der Waals surface area contributed by atoms with Crippen LogP contribution >= 0.6 is 0 Å². The molecule has 0 spiro atoms.